The highest BCUT2D eigenvalue weighted by atomic mass is 32.1. The summed E-state index contributed by atoms with van der Waals surface area (Å²) >= 11 is 1.50. The average Bonchev–Trinajstić information content (AvgIpc) is 3.32. The van der Waals surface area contributed by atoms with Crippen molar-refractivity contribution >= 4 is 43.5 Å². The molecule has 4 heteroatoms. The third-order valence-corrected chi connectivity index (χ3v) is 5.56. The number of pyridine rings is 2. The van der Waals surface area contributed by atoms with Crippen LogP contribution in [-0.2, 0) is 6.37 Å². The molecule has 0 fully saturated rings. The van der Waals surface area contributed by atoms with E-state index in [1.54, 1.807) is 12.3 Å². The van der Waals surface area contributed by atoms with Crippen LogP contribution in [0.2, 0.25) is 0 Å². The van der Waals surface area contributed by atoms with Gasteiger partial charge in [-0.1, -0.05) is 32.9 Å². The molecule has 3 nitrogen and oxygen atoms in total. The number of aromatic nitrogens is 2. The molecule has 0 aliphatic rings. The summed E-state index contributed by atoms with van der Waals surface area (Å²) in [6.07, 6.45) is 0.228. The topological polar surface area (TPSA) is 38.9 Å². The Morgan fingerprint density at radius 2 is 2.04 bits per heavy atom. The lowest BCUT2D eigenvalue weighted by Crippen LogP contribution is -2.08. The number of rotatable bonds is 2. The minimum Gasteiger partial charge on any atom is -0.437 e. The Balaban J connectivity index is 1.67. The number of hydrogen-bond acceptors (Lipinski definition) is 4. The molecule has 0 spiro atoms. The van der Waals surface area contributed by atoms with E-state index >= 15 is 0 Å². The van der Waals surface area contributed by atoms with Crippen LogP contribution in [0.4, 0.5) is 0 Å². The lowest BCUT2D eigenvalue weighted by molar-refractivity contribution is 0.413. The van der Waals surface area contributed by atoms with Crippen molar-refractivity contribution in [1.29, 1.82) is 0 Å². The third-order valence-electron chi connectivity index (χ3n) is 4.61. The van der Waals surface area contributed by atoms with Crippen molar-refractivity contribution in [3.8, 4) is 11.3 Å². The second kappa shape index (κ2) is 6.14. The number of furan rings is 1. The van der Waals surface area contributed by atoms with Crippen LogP contribution >= 0.6 is 11.3 Å². The molecule has 140 valence electrons. The van der Waals surface area contributed by atoms with Gasteiger partial charge in [-0.3, -0.25) is 4.98 Å². The summed E-state index contributed by atoms with van der Waals surface area (Å²) < 4.78 is 47.1. The molecule has 0 atom stereocenters. The van der Waals surface area contributed by atoms with Gasteiger partial charge in [0.15, 0.2) is 0 Å². The molecule has 0 radical (unpaired) electrons. The minimum atomic E-state index is -2.31. The van der Waals surface area contributed by atoms with Gasteiger partial charge in [0.05, 0.1) is 5.69 Å². The average molecular weight is 392 g/mol. The molecule has 4 heterocycles. The Bertz CT molecular complexity index is 1530. The molecule has 0 N–H and O–H groups in total. The highest BCUT2D eigenvalue weighted by Crippen LogP contribution is 2.37. The van der Waals surface area contributed by atoms with E-state index in [1.165, 1.54) is 17.4 Å². The van der Waals surface area contributed by atoms with E-state index in [1.807, 2.05) is 50.4 Å². The van der Waals surface area contributed by atoms with Crippen molar-refractivity contribution in [3.05, 3.63) is 59.2 Å². The van der Waals surface area contributed by atoms with Crippen molar-refractivity contribution in [3.63, 3.8) is 0 Å². The van der Waals surface area contributed by atoms with Crippen LogP contribution in [0.3, 0.4) is 0 Å². The van der Waals surface area contributed by atoms with Crippen LogP contribution in [0, 0.1) is 12.3 Å². The van der Waals surface area contributed by atoms with E-state index in [2.05, 4.69) is 9.97 Å². The van der Waals surface area contributed by atoms with Crippen LogP contribution in [0.25, 0.3) is 43.4 Å². The summed E-state index contributed by atoms with van der Waals surface area (Å²) in [6.45, 7) is 3.38. The molecular formula is C24H22N2OS. The molecule has 0 amide bonds. The molecule has 0 aliphatic carbocycles. The van der Waals surface area contributed by atoms with Crippen molar-refractivity contribution in [1.82, 2.24) is 9.97 Å². The number of thiophene rings is 1. The van der Waals surface area contributed by atoms with E-state index in [-0.39, 0.29) is 11.4 Å². The Labute approximate surface area is 175 Å². The first-order valence-electron chi connectivity index (χ1n) is 11.6. The SMILES string of the molecule is [2H]C([2H])([2H])c1ccc2c(n1)oc1c(-c3cc4scc(C([2H])([2H])C(C)(C)C)c4cn3)cccc12. The molecule has 0 saturated carbocycles. The zero-order valence-electron chi connectivity index (χ0n) is 20.8. The first-order chi connectivity index (χ1) is 15.4. The first-order valence-corrected chi connectivity index (χ1v) is 9.97. The summed E-state index contributed by atoms with van der Waals surface area (Å²) in [5.74, 6) is 0. The lowest BCUT2D eigenvalue weighted by Gasteiger charge is -2.17. The van der Waals surface area contributed by atoms with E-state index in [4.69, 9.17) is 11.3 Å². The maximum absolute atomic E-state index is 8.65. The molecule has 1 aromatic carbocycles. The molecule has 0 aliphatic heterocycles. The third kappa shape index (κ3) is 2.89. The zero-order chi connectivity index (χ0) is 23.8. The Morgan fingerprint density at radius 3 is 2.86 bits per heavy atom. The maximum atomic E-state index is 8.65. The van der Waals surface area contributed by atoms with Gasteiger partial charge in [-0.2, -0.15) is 0 Å². The van der Waals surface area contributed by atoms with Crippen molar-refractivity contribution in [2.24, 2.45) is 5.41 Å². The van der Waals surface area contributed by atoms with Gasteiger partial charge in [0.1, 0.15) is 5.58 Å². The molecule has 0 unspecified atom stereocenters. The van der Waals surface area contributed by atoms with E-state index in [0.29, 0.717) is 16.8 Å². The van der Waals surface area contributed by atoms with Gasteiger partial charge in [0.25, 0.3) is 0 Å². The van der Waals surface area contributed by atoms with Gasteiger partial charge in [-0.15, -0.1) is 11.3 Å². The highest BCUT2D eigenvalue weighted by Gasteiger charge is 2.17. The van der Waals surface area contributed by atoms with E-state index in [0.717, 1.165) is 26.4 Å². The van der Waals surface area contributed by atoms with Gasteiger partial charge in [-0.05, 0) is 53.8 Å². The summed E-state index contributed by atoms with van der Waals surface area (Å²) in [5, 5.41) is 4.27. The first kappa shape index (κ1) is 12.7. The summed E-state index contributed by atoms with van der Waals surface area (Å²) in [4.78, 5) is 8.88. The normalized spacial score (nSPS) is 16.0. The van der Waals surface area contributed by atoms with Crippen LogP contribution in [0.15, 0.2) is 52.4 Å². The number of nitrogens with zero attached hydrogens (tertiary/aromatic N) is 2. The number of fused-ring (bicyclic) bond motifs is 4. The van der Waals surface area contributed by atoms with Crippen molar-refractivity contribution in [2.45, 2.75) is 34.0 Å². The number of benzene rings is 1. The van der Waals surface area contributed by atoms with Gasteiger partial charge in [0, 0.05) is 45.2 Å². The van der Waals surface area contributed by atoms with Crippen LogP contribution < -0.4 is 0 Å². The standard InChI is InChI=1S/C24H22N2OS/c1-14-8-9-17-16-6-5-7-18(22(16)27-23(17)26-14)20-10-21-19(12-25-20)15(13-28-21)11-24(2,3)4/h5-10,12-13H,11H2,1-4H3/i1D3,11D2. The molecule has 0 saturated heterocycles. The second-order valence-electron chi connectivity index (χ2n) is 7.92. The lowest BCUT2D eigenvalue weighted by atomic mass is 9.88. The Morgan fingerprint density at radius 1 is 1.14 bits per heavy atom. The van der Waals surface area contributed by atoms with Crippen LogP contribution in [0.5, 0.6) is 0 Å². The van der Waals surface area contributed by atoms with E-state index < -0.39 is 18.6 Å². The largest absolute Gasteiger partial charge is 0.437 e. The van der Waals surface area contributed by atoms with Gasteiger partial charge >= 0.3 is 0 Å². The fraction of sp³-hybridized carbons (Fsp3) is 0.250. The quantitative estimate of drug-likeness (QED) is 0.320. The zero-order valence-corrected chi connectivity index (χ0v) is 16.6. The highest BCUT2D eigenvalue weighted by molar-refractivity contribution is 7.17. The fourth-order valence-corrected chi connectivity index (χ4v) is 4.35. The monoisotopic (exact) mass is 391 g/mol. The second-order valence-corrected chi connectivity index (χ2v) is 8.83. The van der Waals surface area contributed by atoms with E-state index in [9.17, 15) is 0 Å². The van der Waals surface area contributed by atoms with Crippen LogP contribution in [0.1, 0.15) is 38.9 Å². The predicted octanol–water partition coefficient (Wildman–Crippen LogP) is 7.15. The Hall–Kier alpha value is -2.72. The number of aryl methyl sites for hydroxylation is 1. The molecule has 0 bridgehead atoms. The fourth-order valence-electron chi connectivity index (χ4n) is 3.45. The summed E-state index contributed by atoms with van der Waals surface area (Å²) in [5.41, 5.74) is 2.44. The van der Waals surface area contributed by atoms with Crippen molar-refractivity contribution in [2.75, 3.05) is 0 Å². The smallest absolute Gasteiger partial charge is 0.227 e. The molecule has 5 rings (SSSR count). The van der Waals surface area contributed by atoms with Gasteiger partial charge in [-0.25, -0.2) is 4.98 Å². The summed E-state index contributed by atoms with van der Waals surface area (Å²) in [6, 6.07) is 10.9. The van der Waals surface area contributed by atoms with Gasteiger partial charge < -0.3 is 4.42 Å². The molecule has 28 heavy (non-hydrogen) atoms. The number of para-hydroxylation sites is 1. The Kier molecular flexibility index (Phi) is 2.78. The molecular weight excluding hydrogens is 364 g/mol. The predicted molar refractivity (Wildman–Crippen MR) is 118 cm³/mol. The van der Waals surface area contributed by atoms with Gasteiger partial charge in [0.2, 0.25) is 5.71 Å². The van der Waals surface area contributed by atoms with Crippen molar-refractivity contribution < 1.29 is 11.3 Å². The minimum absolute atomic E-state index is 0.00520. The summed E-state index contributed by atoms with van der Waals surface area (Å²) in [7, 11) is 0. The molecule has 4 aromatic heterocycles. The molecule has 5 aromatic rings. The maximum Gasteiger partial charge on any atom is 0.227 e. The number of hydrogen-bond donors (Lipinski definition) is 0. The van der Waals surface area contributed by atoms with Crippen LogP contribution in [-0.4, -0.2) is 9.97 Å².